The number of ketones is 1. The second-order valence-corrected chi connectivity index (χ2v) is 8.85. The zero-order valence-electron chi connectivity index (χ0n) is 19.3. The highest BCUT2D eigenvalue weighted by atomic mass is 16.5. The number of amides is 2. The summed E-state index contributed by atoms with van der Waals surface area (Å²) in [6, 6.07) is 9.32. The molecule has 0 radical (unpaired) electrons. The molecule has 1 aliphatic heterocycles. The maximum Gasteiger partial charge on any atom is 0.237 e. The number of fused-ring (bicyclic) bond motifs is 1. The third kappa shape index (κ3) is 6.11. The monoisotopic (exact) mass is 453 g/mol. The molecule has 1 aromatic carbocycles. The molecule has 9 nitrogen and oxygen atoms in total. The van der Waals surface area contributed by atoms with Gasteiger partial charge in [-0.15, -0.1) is 0 Å². The molecule has 0 bridgehead atoms. The van der Waals surface area contributed by atoms with E-state index in [2.05, 4.69) is 15.7 Å². The molecule has 2 amide bonds. The largest absolute Gasteiger partial charge is 0.496 e. The number of nitrogens with one attached hydrogen (secondary N) is 3. The van der Waals surface area contributed by atoms with Crippen LogP contribution in [-0.2, 0) is 9.59 Å². The van der Waals surface area contributed by atoms with Crippen LogP contribution in [-0.4, -0.2) is 54.3 Å². The quantitative estimate of drug-likeness (QED) is 0.272. The van der Waals surface area contributed by atoms with Crippen LogP contribution in [0.5, 0.6) is 5.75 Å². The van der Waals surface area contributed by atoms with Crippen molar-refractivity contribution in [1.29, 1.82) is 5.26 Å². The first-order chi connectivity index (χ1) is 15.8. The molecular formula is C24H31N5O4. The number of ether oxygens (including phenoxy) is 1. The molecule has 0 aliphatic carbocycles. The number of rotatable bonds is 11. The summed E-state index contributed by atoms with van der Waals surface area (Å²) < 4.78 is 5.37. The van der Waals surface area contributed by atoms with Gasteiger partial charge in [-0.05, 0) is 37.0 Å². The lowest BCUT2D eigenvalue weighted by molar-refractivity contribution is -0.132. The Hall–Kier alpha value is -3.38. The van der Waals surface area contributed by atoms with Crippen molar-refractivity contribution in [3.8, 4) is 11.8 Å². The van der Waals surface area contributed by atoms with E-state index in [1.165, 1.54) is 5.01 Å². The summed E-state index contributed by atoms with van der Waals surface area (Å²) in [6.07, 6.45) is 1.21. The first-order valence-electron chi connectivity index (χ1n) is 11.2. The number of aromatic amines is 1. The lowest BCUT2D eigenvalue weighted by atomic mass is 9.91. The van der Waals surface area contributed by atoms with Crippen molar-refractivity contribution >= 4 is 28.5 Å². The Morgan fingerprint density at radius 3 is 2.79 bits per heavy atom. The molecule has 2 aromatic rings. The lowest BCUT2D eigenvalue weighted by Gasteiger charge is -2.26. The minimum absolute atomic E-state index is 0.0312. The highest BCUT2D eigenvalue weighted by molar-refractivity contribution is 6.02. The number of aromatic nitrogens is 1. The molecule has 9 heteroatoms. The summed E-state index contributed by atoms with van der Waals surface area (Å²) in [6.45, 7) is 4.80. The lowest BCUT2D eigenvalue weighted by Crippen LogP contribution is -2.48. The molecule has 0 saturated carbocycles. The molecule has 1 saturated heterocycles. The normalized spacial score (nSPS) is 16.6. The Morgan fingerprint density at radius 1 is 1.36 bits per heavy atom. The maximum atomic E-state index is 13.1. The number of methoxy groups -OCH3 is 1. The Bertz CT molecular complexity index is 1050. The minimum Gasteiger partial charge on any atom is -0.496 e. The van der Waals surface area contributed by atoms with Crippen LogP contribution in [0.25, 0.3) is 10.9 Å². The summed E-state index contributed by atoms with van der Waals surface area (Å²) in [5.74, 6) is -0.538. The predicted octanol–water partition coefficient (Wildman–Crippen LogP) is 2.40. The van der Waals surface area contributed by atoms with Gasteiger partial charge in [-0.2, -0.15) is 5.26 Å². The van der Waals surface area contributed by atoms with E-state index in [9.17, 15) is 14.4 Å². The molecule has 1 fully saturated rings. The number of hydrogen-bond donors (Lipinski definition) is 3. The number of hydrazine groups is 1. The third-order valence-electron chi connectivity index (χ3n) is 5.84. The smallest absolute Gasteiger partial charge is 0.237 e. The molecule has 1 aromatic heterocycles. The summed E-state index contributed by atoms with van der Waals surface area (Å²) in [4.78, 5) is 41.2. The van der Waals surface area contributed by atoms with Crippen LogP contribution in [0.4, 0.5) is 0 Å². The number of hydrogen-bond acceptors (Lipinski definition) is 6. The first-order valence-corrected chi connectivity index (χ1v) is 11.2. The zero-order chi connectivity index (χ0) is 24.0. The van der Waals surface area contributed by atoms with Crippen LogP contribution in [0.3, 0.4) is 0 Å². The Labute approximate surface area is 193 Å². The second kappa shape index (κ2) is 11.0. The summed E-state index contributed by atoms with van der Waals surface area (Å²) >= 11 is 0. The number of nitrogens with zero attached hydrogens (tertiary/aromatic N) is 2. The topological polar surface area (TPSA) is 127 Å². The van der Waals surface area contributed by atoms with Crippen LogP contribution in [0.2, 0.25) is 0 Å². The average molecular weight is 454 g/mol. The van der Waals surface area contributed by atoms with E-state index in [1.54, 1.807) is 13.2 Å². The van der Waals surface area contributed by atoms with Crippen molar-refractivity contribution in [2.24, 2.45) is 17.8 Å². The van der Waals surface area contributed by atoms with Gasteiger partial charge in [0.15, 0.2) is 5.78 Å². The molecule has 33 heavy (non-hydrogen) atoms. The fourth-order valence-corrected chi connectivity index (χ4v) is 4.21. The second-order valence-electron chi connectivity index (χ2n) is 8.85. The van der Waals surface area contributed by atoms with Crippen molar-refractivity contribution in [3.05, 3.63) is 30.0 Å². The number of nitriles is 1. The van der Waals surface area contributed by atoms with Crippen molar-refractivity contribution in [2.45, 2.75) is 33.1 Å². The fourth-order valence-electron chi connectivity index (χ4n) is 4.21. The van der Waals surface area contributed by atoms with Crippen LogP contribution in [0.1, 0.15) is 43.6 Å². The Morgan fingerprint density at radius 2 is 2.15 bits per heavy atom. The van der Waals surface area contributed by atoms with E-state index < -0.39 is 5.92 Å². The molecule has 0 unspecified atom stereocenters. The fraction of sp³-hybridized carbons (Fsp3) is 0.500. The standard InChI is InChI=1S/C24H31N5O4/c1-15(2)11-17(24(32)28-29(10-8-25)14-16-7-9-26-23(16)31)12-21(30)20-13-18-19(27-20)5-4-6-22(18)33-3/h4-6,13,15-17,27H,7,9-12,14H2,1-3H3,(H,26,31)(H,28,32)/t16-,17+/m0/s1. The molecule has 2 atom stereocenters. The maximum absolute atomic E-state index is 13.1. The van der Waals surface area contributed by atoms with Crippen LogP contribution >= 0.6 is 0 Å². The van der Waals surface area contributed by atoms with E-state index in [-0.39, 0.29) is 48.9 Å². The van der Waals surface area contributed by atoms with E-state index >= 15 is 0 Å². The molecule has 2 heterocycles. The van der Waals surface area contributed by atoms with E-state index in [1.807, 2.05) is 38.1 Å². The van der Waals surface area contributed by atoms with Gasteiger partial charge in [-0.25, -0.2) is 5.01 Å². The van der Waals surface area contributed by atoms with Crippen molar-refractivity contribution in [3.63, 3.8) is 0 Å². The van der Waals surface area contributed by atoms with Gasteiger partial charge in [-0.1, -0.05) is 19.9 Å². The molecule has 176 valence electrons. The van der Waals surface area contributed by atoms with Gasteiger partial charge >= 0.3 is 0 Å². The van der Waals surface area contributed by atoms with Crippen LogP contribution in [0, 0.1) is 29.1 Å². The summed E-state index contributed by atoms with van der Waals surface area (Å²) in [5.41, 5.74) is 4.00. The number of Topliss-reactive ketones (excluding diaryl/α,β-unsaturated/α-hetero) is 1. The van der Waals surface area contributed by atoms with Crippen molar-refractivity contribution in [2.75, 3.05) is 26.7 Å². The van der Waals surface area contributed by atoms with Gasteiger partial charge in [0.2, 0.25) is 11.8 Å². The molecular weight excluding hydrogens is 422 g/mol. The highest BCUT2D eigenvalue weighted by Crippen LogP contribution is 2.27. The Kier molecular flexibility index (Phi) is 8.06. The average Bonchev–Trinajstić information content (AvgIpc) is 3.39. The zero-order valence-corrected chi connectivity index (χ0v) is 19.3. The SMILES string of the molecule is COc1cccc2[nH]c(C(=O)C[C@@H](CC(C)C)C(=O)NN(CC#N)C[C@@H]3CCNC3=O)cc12. The summed E-state index contributed by atoms with van der Waals surface area (Å²) in [7, 11) is 1.58. The van der Waals surface area contributed by atoms with E-state index in [4.69, 9.17) is 10.00 Å². The van der Waals surface area contributed by atoms with Gasteiger partial charge < -0.3 is 15.0 Å². The minimum atomic E-state index is -0.565. The predicted molar refractivity (Wildman–Crippen MR) is 123 cm³/mol. The molecule has 3 rings (SSSR count). The number of benzene rings is 1. The number of H-pyrrole nitrogens is 1. The molecule has 3 N–H and O–H groups in total. The van der Waals surface area contributed by atoms with E-state index in [0.717, 1.165) is 10.9 Å². The van der Waals surface area contributed by atoms with Crippen molar-refractivity contribution < 1.29 is 19.1 Å². The van der Waals surface area contributed by atoms with Crippen molar-refractivity contribution in [1.82, 2.24) is 20.7 Å². The molecule has 1 aliphatic rings. The van der Waals surface area contributed by atoms with Gasteiger partial charge in [0, 0.05) is 36.3 Å². The van der Waals surface area contributed by atoms with Gasteiger partial charge in [0.25, 0.3) is 0 Å². The van der Waals surface area contributed by atoms with Crippen LogP contribution in [0.15, 0.2) is 24.3 Å². The highest BCUT2D eigenvalue weighted by Gasteiger charge is 2.29. The Balaban J connectivity index is 1.72. The number of carbonyl (C=O) groups excluding carboxylic acids is 3. The van der Waals surface area contributed by atoms with E-state index in [0.29, 0.717) is 30.8 Å². The van der Waals surface area contributed by atoms with Gasteiger partial charge in [-0.3, -0.25) is 19.8 Å². The summed E-state index contributed by atoms with van der Waals surface area (Å²) in [5, 5.41) is 14.2. The van der Waals surface area contributed by atoms with Crippen LogP contribution < -0.4 is 15.5 Å². The van der Waals surface area contributed by atoms with Gasteiger partial charge in [0.1, 0.15) is 12.3 Å². The molecule has 0 spiro atoms. The number of carbonyl (C=O) groups is 3. The first kappa shape index (κ1) is 24.3. The van der Waals surface area contributed by atoms with Gasteiger partial charge in [0.05, 0.1) is 24.8 Å². The third-order valence-corrected chi connectivity index (χ3v) is 5.84.